The largest absolute Gasteiger partial charge is 0.378 e. The van der Waals surface area contributed by atoms with Gasteiger partial charge in [0.05, 0.1) is 24.4 Å². The highest BCUT2D eigenvalue weighted by Gasteiger charge is 2.58. The summed E-state index contributed by atoms with van der Waals surface area (Å²) in [4.78, 5) is 0. The van der Waals surface area contributed by atoms with Crippen molar-refractivity contribution in [3.05, 3.63) is 0 Å². The molecule has 0 bridgehead atoms. The highest BCUT2D eigenvalue weighted by Crippen LogP contribution is 2.60. The minimum Gasteiger partial charge on any atom is -0.378 e. The van der Waals surface area contributed by atoms with Crippen molar-refractivity contribution < 1.29 is 18.9 Å². The molecule has 0 aromatic carbocycles. The van der Waals surface area contributed by atoms with Crippen LogP contribution in [0.1, 0.15) is 116 Å². The van der Waals surface area contributed by atoms with E-state index in [1.54, 1.807) is 0 Å². The number of hydrogen-bond donors (Lipinski definition) is 0. The third-order valence-electron chi connectivity index (χ3n) is 15.3. The molecule has 8 aliphatic rings. The van der Waals surface area contributed by atoms with Gasteiger partial charge in [0.15, 0.2) is 0 Å². The molecule has 0 aromatic rings. The number of hydrogen-bond acceptors (Lipinski definition) is 4. The lowest BCUT2D eigenvalue weighted by Crippen LogP contribution is -2.58. The van der Waals surface area contributed by atoms with Gasteiger partial charge in [0, 0.05) is 28.4 Å². The van der Waals surface area contributed by atoms with E-state index in [4.69, 9.17) is 18.9 Å². The second-order valence-corrected chi connectivity index (χ2v) is 16.4. The Bertz CT molecular complexity index is 791. The Morgan fingerprint density at radius 3 is 1.02 bits per heavy atom. The molecule has 4 nitrogen and oxygen atoms in total. The van der Waals surface area contributed by atoms with Gasteiger partial charge in [-0.1, -0.05) is 51.4 Å². The first-order chi connectivity index (χ1) is 20.7. The molecule has 0 heterocycles. The Morgan fingerprint density at radius 2 is 0.643 bits per heavy atom. The predicted octanol–water partition coefficient (Wildman–Crippen LogP) is 8.56. The zero-order chi connectivity index (χ0) is 28.8. The number of methoxy groups -OCH3 is 4. The summed E-state index contributed by atoms with van der Waals surface area (Å²) in [7, 11) is 7.74. The van der Waals surface area contributed by atoms with Gasteiger partial charge in [0.25, 0.3) is 0 Å². The maximum absolute atomic E-state index is 6.10. The molecular weight excluding hydrogens is 520 g/mol. The van der Waals surface area contributed by atoms with Gasteiger partial charge in [-0.25, -0.2) is 0 Å². The van der Waals surface area contributed by atoms with Gasteiger partial charge >= 0.3 is 0 Å². The molecule has 0 spiro atoms. The molecule has 0 radical (unpaired) electrons. The van der Waals surface area contributed by atoms with E-state index in [1.165, 1.54) is 116 Å². The van der Waals surface area contributed by atoms with E-state index in [0.29, 0.717) is 24.4 Å². The van der Waals surface area contributed by atoms with E-state index in [-0.39, 0.29) is 0 Å². The van der Waals surface area contributed by atoms with Crippen molar-refractivity contribution in [1.82, 2.24) is 0 Å². The van der Waals surface area contributed by atoms with Crippen LogP contribution in [-0.4, -0.2) is 52.9 Å². The Balaban J connectivity index is 0.000000137. The van der Waals surface area contributed by atoms with Crippen LogP contribution in [0.25, 0.3) is 0 Å². The summed E-state index contributed by atoms with van der Waals surface area (Å²) in [6.45, 7) is 0. The lowest BCUT2D eigenvalue weighted by molar-refractivity contribution is -0.188. The fourth-order valence-electron chi connectivity index (χ4n) is 14.0. The van der Waals surface area contributed by atoms with Gasteiger partial charge in [0.1, 0.15) is 0 Å². The van der Waals surface area contributed by atoms with E-state index < -0.39 is 0 Å². The molecule has 8 fully saturated rings. The van der Waals surface area contributed by atoms with Crippen LogP contribution < -0.4 is 0 Å². The normalized spacial score (nSPS) is 52.9. The van der Waals surface area contributed by atoms with Crippen LogP contribution in [0.2, 0.25) is 0 Å². The molecule has 0 aliphatic heterocycles. The molecule has 4 heteroatoms. The predicted molar refractivity (Wildman–Crippen MR) is 168 cm³/mol. The quantitative estimate of drug-likeness (QED) is 0.332. The Morgan fingerprint density at radius 1 is 0.286 bits per heavy atom. The van der Waals surface area contributed by atoms with Crippen LogP contribution >= 0.6 is 0 Å². The summed E-state index contributed by atoms with van der Waals surface area (Å²) >= 11 is 0. The molecule has 0 amide bonds. The maximum Gasteiger partial charge on any atom is 0.0869 e. The molecule has 8 aliphatic carbocycles. The summed E-state index contributed by atoms with van der Waals surface area (Å²) in [5.74, 6) is 10.7. The second kappa shape index (κ2) is 13.3. The monoisotopic (exact) mass is 584 g/mol. The van der Waals surface area contributed by atoms with E-state index in [2.05, 4.69) is 0 Å². The van der Waals surface area contributed by atoms with Gasteiger partial charge in [-0.3, -0.25) is 0 Å². The molecule has 42 heavy (non-hydrogen) atoms. The van der Waals surface area contributed by atoms with Crippen LogP contribution in [0.5, 0.6) is 0 Å². The van der Waals surface area contributed by atoms with E-state index in [1.807, 2.05) is 28.4 Å². The molecule has 240 valence electrons. The zero-order valence-corrected chi connectivity index (χ0v) is 27.6. The van der Waals surface area contributed by atoms with Crippen molar-refractivity contribution >= 4 is 0 Å². The van der Waals surface area contributed by atoms with Crippen LogP contribution in [-0.2, 0) is 18.9 Å². The van der Waals surface area contributed by atoms with Gasteiger partial charge < -0.3 is 18.9 Å². The molecular formula is C38H64O4. The Kier molecular flexibility index (Phi) is 9.65. The molecule has 0 N–H and O–H groups in total. The summed E-state index contributed by atoms with van der Waals surface area (Å²) < 4.78 is 24.3. The fraction of sp³-hybridized carbons (Fsp3) is 1.00. The molecule has 16 atom stereocenters. The van der Waals surface area contributed by atoms with Crippen molar-refractivity contribution in [2.45, 2.75) is 140 Å². The summed E-state index contributed by atoms with van der Waals surface area (Å²) in [6.07, 6.45) is 27.6. The van der Waals surface area contributed by atoms with Crippen LogP contribution in [0.3, 0.4) is 0 Å². The average molecular weight is 585 g/mol. The van der Waals surface area contributed by atoms with Gasteiger partial charge in [-0.2, -0.15) is 0 Å². The van der Waals surface area contributed by atoms with E-state index in [9.17, 15) is 0 Å². The zero-order valence-electron chi connectivity index (χ0n) is 27.6. The third kappa shape index (κ3) is 5.17. The smallest absolute Gasteiger partial charge is 0.0869 e. The number of fused-ring (bicyclic) bond motifs is 10. The number of rotatable bonds is 4. The standard InChI is InChI=1S/2C19H32O2/c2*1-20-18-16-8-4-3-7-14(16)15-11-10-12-6-5-9-13(12)17(15)19(18)21-2/h2*12-19H,3-11H2,1-2H3. The minimum absolute atomic E-state index is 0.362. The summed E-state index contributed by atoms with van der Waals surface area (Å²) in [5, 5.41) is 0. The van der Waals surface area contributed by atoms with Crippen LogP contribution in [0.4, 0.5) is 0 Å². The number of ether oxygens (including phenoxy) is 4. The lowest BCUT2D eigenvalue weighted by Gasteiger charge is -2.57. The molecule has 8 saturated carbocycles. The summed E-state index contributed by atoms with van der Waals surface area (Å²) in [6, 6.07) is 0. The van der Waals surface area contributed by atoms with Crippen LogP contribution in [0, 0.1) is 71.0 Å². The molecule has 0 saturated heterocycles. The Hall–Kier alpha value is -0.160. The van der Waals surface area contributed by atoms with Crippen LogP contribution in [0.15, 0.2) is 0 Å². The second-order valence-electron chi connectivity index (χ2n) is 16.4. The first-order valence-electron chi connectivity index (χ1n) is 18.8. The first kappa shape index (κ1) is 30.5. The van der Waals surface area contributed by atoms with Crippen molar-refractivity contribution in [2.75, 3.05) is 28.4 Å². The summed E-state index contributed by atoms with van der Waals surface area (Å²) in [5.41, 5.74) is 0. The van der Waals surface area contributed by atoms with Gasteiger partial charge in [0.2, 0.25) is 0 Å². The topological polar surface area (TPSA) is 36.9 Å². The Labute approximate surface area is 258 Å². The van der Waals surface area contributed by atoms with Gasteiger partial charge in [-0.05, 0) is 135 Å². The van der Waals surface area contributed by atoms with Gasteiger partial charge in [-0.15, -0.1) is 0 Å². The van der Waals surface area contributed by atoms with Crippen molar-refractivity contribution in [3.63, 3.8) is 0 Å². The minimum atomic E-state index is 0.362. The highest BCUT2D eigenvalue weighted by atomic mass is 16.5. The lowest BCUT2D eigenvalue weighted by atomic mass is 9.52. The van der Waals surface area contributed by atoms with E-state index in [0.717, 1.165) is 71.0 Å². The molecule has 0 aromatic heterocycles. The first-order valence-corrected chi connectivity index (χ1v) is 18.8. The SMILES string of the molecule is COC1C2CCCCC2C2CCC3CCCC3C2C1OC.COC1C2CCCCC2C2CCC3CCCC3C2C1OC. The van der Waals surface area contributed by atoms with Crippen molar-refractivity contribution in [1.29, 1.82) is 0 Å². The third-order valence-corrected chi connectivity index (χ3v) is 15.3. The molecule has 8 rings (SSSR count). The van der Waals surface area contributed by atoms with E-state index >= 15 is 0 Å². The maximum atomic E-state index is 6.10. The van der Waals surface area contributed by atoms with Crippen molar-refractivity contribution in [3.8, 4) is 0 Å². The average Bonchev–Trinajstić information content (AvgIpc) is 3.73. The highest BCUT2D eigenvalue weighted by molar-refractivity contribution is 5.07. The fourth-order valence-corrected chi connectivity index (χ4v) is 14.0. The molecule has 16 unspecified atom stereocenters. The van der Waals surface area contributed by atoms with Crippen molar-refractivity contribution in [2.24, 2.45) is 71.0 Å².